The maximum Gasteiger partial charge on any atom is 0.326 e. The van der Waals surface area contributed by atoms with Crippen molar-refractivity contribution in [3.63, 3.8) is 0 Å². The number of hydrogen-bond acceptors (Lipinski definition) is 3. The summed E-state index contributed by atoms with van der Waals surface area (Å²) in [5, 5.41) is 14.4. The first-order chi connectivity index (χ1) is 14.0. The molecule has 6 nitrogen and oxygen atoms in total. The molecule has 1 aromatic heterocycles. The van der Waals surface area contributed by atoms with Crippen LogP contribution in [0.1, 0.15) is 28.9 Å². The lowest BCUT2D eigenvalue weighted by Crippen LogP contribution is -2.40. The normalized spacial score (nSPS) is 16.2. The Bertz CT molecular complexity index is 1090. The Morgan fingerprint density at radius 2 is 1.93 bits per heavy atom. The SMILES string of the molecule is Cc1ccnn1-c1ccc(C(=O)N2CCCC2C(=O)O)cc1-c1ccccc1Cl. The third-order valence-electron chi connectivity index (χ3n) is 5.27. The van der Waals surface area contributed by atoms with Gasteiger partial charge in [0.2, 0.25) is 0 Å². The molecule has 0 spiro atoms. The Morgan fingerprint density at radius 3 is 2.62 bits per heavy atom. The van der Waals surface area contributed by atoms with Crippen molar-refractivity contribution in [1.29, 1.82) is 0 Å². The Kier molecular flexibility index (Phi) is 5.11. The number of halogens is 1. The van der Waals surface area contributed by atoms with Crippen LogP contribution in [0.2, 0.25) is 5.02 Å². The van der Waals surface area contributed by atoms with E-state index in [9.17, 15) is 14.7 Å². The minimum Gasteiger partial charge on any atom is -0.480 e. The van der Waals surface area contributed by atoms with Gasteiger partial charge < -0.3 is 10.0 Å². The van der Waals surface area contributed by atoms with Crippen LogP contribution < -0.4 is 0 Å². The summed E-state index contributed by atoms with van der Waals surface area (Å²) >= 11 is 6.45. The van der Waals surface area contributed by atoms with Gasteiger partial charge in [-0.2, -0.15) is 5.10 Å². The van der Waals surface area contributed by atoms with E-state index >= 15 is 0 Å². The van der Waals surface area contributed by atoms with E-state index in [1.54, 1.807) is 29.1 Å². The maximum absolute atomic E-state index is 13.1. The summed E-state index contributed by atoms with van der Waals surface area (Å²) in [5.74, 6) is -1.25. The topological polar surface area (TPSA) is 75.4 Å². The highest BCUT2D eigenvalue weighted by molar-refractivity contribution is 6.33. The molecule has 0 saturated carbocycles. The van der Waals surface area contributed by atoms with Crippen molar-refractivity contribution in [3.05, 3.63) is 71.0 Å². The van der Waals surface area contributed by atoms with Crippen molar-refractivity contribution in [2.24, 2.45) is 0 Å². The minimum atomic E-state index is -0.967. The Balaban J connectivity index is 1.83. The second-order valence-corrected chi connectivity index (χ2v) is 7.50. The molecule has 2 heterocycles. The van der Waals surface area contributed by atoms with Crippen LogP contribution in [-0.4, -0.2) is 44.3 Å². The second kappa shape index (κ2) is 7.72. The van der Waals surface area contributed by atoms with E-state index < -0.39 is 12.0 Å². The van der Waals surface area contributed by atoms with Crippen LogP contribution in [-0.2, 0) is 4.79 Å². The number of rotatable bonds is 4. The molecule has 1 saturated heterocycles. The first-order valence-electron chi connectivity index (χ1n) is 9.41. The predicted molar refractivity (Wildman–Crippen MR) is 110 cm³/mol. The standard InChI is InChI=1S/C22H20ClN3O3/c1-14-10-11-24-26(14)19-9-8-15(13-17(19)16-5-2-3-6-18(16)23)21(27)25-12-4-7-20(25)22(28)29/h2-3,5-6,8-11,13,20H,4,7,12H2,1H3,(H,28,29). The predicted octanol–water partition coefficient (Wildman–Crippen LogP) is 4.19. The van der Waals surface area contributed by atoms with Crippen molar-refractivity contribution in [2.45, 2.75) is 25.8 Å². The molecule has 1 N–H and O–H groups in total. The van der Waals surface area contributed by atoms with Gasteiger partial charge in [-0.1, -0.05) is 29.8 Å². The zero-order valence-electron chi connectivity index (χ0n) is 15.9. The number of carboxylic acid groups (broad SMARTS) is 1. The number of carboxylic acids is 1. The molecule has 0 bridgehead atoms. The summed E-state index contributed by atoms with van der Waals surface area (Å²) in [6.07, 6.45) is 2.88. The van der Waals surface area contributed by atoms with Gasteiger partial charge >= 0.3 is 5.97 Å². The molecule has 1 amide bonds. The molecule has 0 radical (unpaired) electrons. The number of benzene rings is 2. The fourth-order valence-corrected chi connectivity index (χ4v) is 4.04. The minimum absolute atomic E-state index is 0.285. The zero-order valence-corrected chi connectivity index (χ0v) is 16.6. The molecular weight excluding hydrogens is 390 g/mol. The molecule has 1 aliphatic heterocycles. The summed E-state index contributed by atoms with van der Waals surface area (Å²) in [4.78, 5) is 26.0. The molecule has 3 aromatic rings. The summed E-state index contributed by atoms with van der Waals surface area (Å²) in [6.45, 7) is 2.39. The molecule has 1 atom stereocenters. The first-order valence-corrected chi connectivity index (χ1v) is 9.79. The molecule has 4 rings (SSSR count). The van der Waals surface area contributed by atoms with E-state index in [4.69, 9.17) is 11.6 Å². The lowest BCUT2D eigenvalue weighted by molar-refractivity contribution is -0.141. The molecule has 148 valence electrons. The highest BCUT2D eigenvalue weighted by Gasteiger charge is 2.34. The zero-order chi connectivity index (χ0) is 20.5. The number of nitrogens with zero attached hydrogens (tertiary/aromatic N) is 3. The number of likely N-dealkylation sites (tertiary alicyclic amines) is 1. The van der Waals surface area contributed by atoms with Crippen LogP contribution in [0, 0.1) is 6.92 Å². The molecule has 29 heavy (non-hydrogen) atoms. The van der Waals surface area contributed by atoms with Crippen LogP contribution >= 0.6 is 11.6 Å². The molecule has 1 fully saturated rings. The average Bonchev–Trinajstić information content (AvgIpc) is 3.36. The van der Waals surface area contributed by atoms with Gasteiger partial charge in [0.05, 0.1) is 5.69 Å². The lowest BCUT2D eigenvalue weighted by atomic mass is 9.99. The van der Waals surface area contributed by atoms with Gasteiger partial charge in [0, 0.05) is 40.1 Å². The summed E-state index contributed by atoms with van der Waals surface area (Å²) in [5.41, 5.74) is 3.72. The quantitative estimate of drug-likeness (QED) is 0.701. The van der Waals surface area contributed by atoms with Gasteiger partial charge in [0.25, 0.3) is 5.91 Å². The molecular formula is C22H20ClN3O3. The smallest absolute Gasteiger partial charge is 0.326 e. The van der Waals surface area contributed by atoms with Gasteiger partial charge in [0.1, 0.15) is 6.04 Å². The van der Waals surface area contributed by atoms with Gasteiger partial charge in [-0.3, -0.25) is 4.79 Å². The van der Waals surface area contributed by atoms with Crippen molar-refractivity contribution < 1.29 is 14.7 Å². The molecule has 0 aliphatic carbocycles. The molecule has 1 aliphatic rings. The van der Waals surface area contributed by atoms with Gasteiger partial charge in [-0.05, 0) is 50.1 Å². The van der Waals surface area contributed by atoms with E-state index in [0.29, 0.717) is 30.0 Å². The van der Waals surface area contributed by atoms with Crippen molar-refractivity contribution in [3.8, 4) is 16.8 Å². The number of carbonyl (C=O) groups is 2. The highest BCUT2D eigenvalue weighted by atomic mass is 35.5. The fraction of sp³-hybridized carbons (Fsp3) is 0.227. The van der Waals surface area contributed by atoms with Gasteiger partial charge in [-0.15, -0.1) is 0 Å². The fourth-order valence-electron chi connectivity index (χ4n) is 3.80. The van der Waals surface area contributed by atoms with Gasteiger partial charge in [-0.25, -0.2) is 9.48 Å². The summed E-state index contributed by atoms with van der Waals surface area (Å²) in [7, 11) is 0. The number of carbonyl (C=O) groups excluding carboxylic acids is 1. The Hall–Kier alpha value is -3.12. The van der Waals surface area contributed by atoms with Crippen molar-refractivity contribution in [2.75, 3.05) is 6.54 Å². The van der Waals surface area contributed by atoms with Crippen molar-refractivity contribution >= 4 is 23.5 Å². The largest absolute Gasteiger partial charge is 0.480 e. The number of hydrogen-bond donors (Lipinski definition) is 1. The van der Waals surface area contributed by atoms with E-state index in [0.717, 1.165) is 22.5 Å². The van der Waals surface area contributed by atoms with Crippen LogP contribution in [0.5, 0.6) is 0 Å². The third kappa shape index (κ3) is 3.51. The third-order valence-corrected chi connectivity index (χ3v) is 5.60. The van der Waals surface area contributed by atoms with E-state index in [2.05, 4.69) is 5.10 Å². The maximum atomic E-state index is 13.1. The molecule has 1 unspecified atom stereocenters. The van der Waals surface area contributed by atoms with Gasteiger partial charge in [0.15, 0.2) is 0 Å². The number of aryl methyl sites for hydroxylation is 1. The van der Waals surface area contributed by atoms with Crippen LogP contribution in [0.25, 0.3) is 16.8 Å². The Labute approximate surface area is 173 Å². The van der Waals surface area contributed by atoms with Crippen LogP contribution in [0.3, 0.4) is 0 Å². The first kappa shape index (κ1) is 19.2. The molecule has 7 heteroatoms. The monoisotopic (exact) mass is 409 g/mol. The van der Waals surface area contributed by atoms with E-state index in [1.807, 2.05) is 37.3 Å². The summed E-state index contributed by atoms with van der Waals surface area (Å²) in [6, 6.07) is 13.9. The van der Waals surface area contributed by atoms with Crippen LogP contribution in [0.15, 0.2) is 54.7 Å². The number of aromatic nitrogens is 2. The number of aliphatic carboxylic acids is 1. The van der Waals surface area contributed by atoms with Crippen LogP contribution in [0.4, 0.5) is 0 Å². The Morgan fingerprint density at radius 1 is 1.14 bits per heavy atom. The second-order valence-electron chi connectivity index (χ2n) is 7.09. The summed E-state index contributed by atoms with van der Waals surface area (Å²) < 4.78 is 1.79. The van der Waals surface area contributed by atoms with E-state index in [-0.39, 0.29) is 5.91 Å². The van der Waals surface area contributed by atoms with E-state index in [1.165, 1.54) is 4.90 Å². The lowest BCUT2D eigenvalue weighted by Gasteiger charge is -2.22. The number of amides is 1. The molecule has 2 aromatic carbocycles. The van der Waals surface area contributed by atoms with Crippen molar-refractivity contribution in [1.82, 2.24) is 14.7 Å². The average molecular weight is 410 g/mol. The highest BCUT2D eigenvalue weighted by Crippen LogP contribution is 2.34.